The summed E-state index contributed by atoms with van der Waals surface area (Å²) >= 11 is 0. The molecule has 90 valence electrons. The van der Waals surface area contributed by atoms with Crippen LogP contribution >= 0.6 is 0 Å². The predicted octanol–water partition coefficient (Wildman–Crippen LogP) is 0.880. The number of nitrogens with zero attached hydrogens (tertiary/aromatic N) is 5. The minimum atomic E-state index is 0.587. The van der Waals surface area contributed by atoms with Crippen molar-refractivity contribution in [2.45, 2.75) is 12.8 Å². The van der Waals surface area contributed by atoms with Crippen LogP contribution < -0.4 is 4.90 Å². The van der Waals surface area contributed by atoms with Crippen molar-refractivity contribution in [2.75, 3.05) is 38.1 Å². The number of likely N-dealkylation sites (N-methyl/N-ethyl adjacent to an activating group) is 1. The standard InChI is InChI=1S/C12H17N5/c1-16(8-9-17-6-2-3-7-17)12-11(10-13)4-5-14-15-12/h4-5H,2-3,6-9H2,1H3. The molecule has 1 saturated heterocycles. The van der Waals surface area contributed by atoms with E-state index in [1.54, 1.807) is 12.3 Å². The summed E-state index contributed by atoms with van der Waals surface area (Å²) in [6, 6.07) is 3.85. The first kappa shape index (κ1) is 11.8. The van der Waals surface area contributed by atoms with Crippen LogP contribution in [0, 0.1) is 11.3 Å². The first-order valence-electron chi connectivity index (χ1n) is 5.96. The summed E-state index contributed by atoms with van der Waals surface area (Å²) in [6.07, 6.45) is 4.16. The van der Waals surface area contributed by atoms with Crippen molar-refractivity contribution >= 4 is 5.82 Å². The van der Waals surface area contributed by atoms with Crippen molar-refractivity contribution in [1.29, 1.82) is 5.26 Å². The summed E-state index contributed by atoms with van der Waals surface area (Å²) in [6.45, 7) is 4.30. The average Bonchev–Trinajstić information content (AvgIpc) is 2.89. The lowest BCUT2D eigenvalue weighted by Gasteiger charge is -2.22. The summed E-state index contributed by atoms with van der Waals surface area (Å²) in [4.78, 5) is 4.45. The van der Waals surface area contributed by atoms with Crippen molar-refractivity contribution in [3.8, 4) is 6.07 Å². The molecular formula is C12H17N5. The Kier molecular flexibility index (Phi) is 3.89. The highest BCUT2D eigenvalue weighted by Gasteiger charge is 2.14. The third-order valence-corrected chi connectivity index (χ3v) is 3.13. The van der Waals surface area contributed by atoms with Crippen LogP contribution in [0.1, 0.15) is 18.4 Å². The van der Waals surface area contributed by atoms with E-state index in [9.17, 15) is 0 Å². The lowest BCUT2D eigenvalue weighted by molar-refractivity contribution is 0.346. The molecule has 1 aliphatic rings. The van der Waals surface area contributed by atoms with E-state index in [2.05, 4.69) is 21.2 Å². The van der Waals surface area contributed by atoms with Gasteiger partial charge < -0.3 is 9.80 Å². The van der Waals surface area contributed by atoms with E-state index in [-0.39, 0.29) is 0 Å². The smallest absolute Gasteiger partial charge is 0.169 e. The van der Waals surface area contributed by atoms with E-state index >= 15 is 0 Å². The van der Waals surface area contributed by atoms with Gasteiger partial charge in [-0.2, -0.15) is 10.4 Å². The average molecular weight is 231 g/mol. The van der Waals surface area contributed by atoms with Gasteiger partial charge in [0, 0.05) is 20.1 Å². The molecule has 1 aromatic rings. The molecular weight excluding hydrogens is 214 g/mol. The van der Waals surface area contributed by atoms with E-state index in [0.29, 0.717) is 11.4 Å². The van der Waals surface area contributed by atoms with Crippen molar-refractivity contribution in [3.63, 3.8) is 0 Å². The summed E-state index contributed by atoms with van der Waals surface area (Å²) in [5, 5.41) is 16.9. The Balaban J connectivity index is 1.94. The molecule has 0 amide bonds. The second-order valence-corrected chi connectivity index (χ2v) is 4.35. The normalized spacial score (nSPS) is 15.8. The summed E-state index contributed by atoms with van der Waals surface area (Å²) in [5.74, 6) is 0.675. The predicted molar refractivity (Wildman–Crippen MR) is 65.7 cm³/mol. The number of hydrogen-bond donors (Lipinski definition) is 0. The highest BCUT2D eigenvalue weighted by Crippen LogP contribution is 2.13. The lowest BCUT2D eigenvalue weighted by Crippen LogP contribution is -2.32. The SMILES string of the molecule is CN(CCN1CCCC1)c1nnccc1C#N. The number of aromatic nitrogens is 2. The topological polar surface area (TPSA) is 56.1 Å². The van der Waals surface area contributed by atoms with Crippen LogP contribution in [0.3, 0.4) is 0 Å². The molecule has 0 spiro atoms. The molecule has 2 heterocycles. The van der Waals surface area contributed by atoms with Crippen molar-refractivity contribution in [2.24, 2.45) is 0 Å². The number of rotatable bonds is 4. The zero-order valence-corrected chi connectivity index (χ0v) is 10.1. The molecule has 0 N–H and O–H groups in total. The summed E-state index contributed by atoms with van der Waals surface area (Å²) in [7, 11) is 1.96. The third-order valence-electron chi connectivity index (χ3n) is 3.13. The van der Waals surface area contributed by atoms with Crippen molar-refractivity contribution in [1.82, 2.24) is 15.1 Å². The fourth-order valence-corrected chi connectivity index (χ4v) is 2.10. The van der Waals surface area contributed by atoms with Crippen molar-refractivity contribution in [3.05, 3.63) is 17.8 Å². The van der Waals surface area contributed by atoms with Crippen LogP contribution in [0.15, 0.2) is 12.3 Å². The fourth-order valence-electron chi connectivity index (χ4n) is 2.10. The Morgan fingerprint density at radius 3 is 2.94 bits per heavy atom. The van der Waals surface area contributed by atoms with Crippen LogP contribution in [0.5, 0.6) is 0 Å². The molecule has 0 aromatic carbocycles. The summed E-state index contributed by atoms with van der Waals surface area (Å²) in [5.41, 5.74) is 0.587. The monoisotopic (exact) mass is 231 g/mol. The van der Waals surface area contributed by atoms with Gasteiger partial charge in [-0.05, 0) is 32.0 Å². The van der Waals surface area contributed by atoms with Gasteiger partial charge in [0.25, 0.3) is 0 Å². The van der Waals surface area contributed by atoms with Crippen molar-refractivity contribution < 1.29 is 0 Å². The van der Waals surface area contributed by atoms with Gasteiger partial charge in [-0.1, -0.05) is 0 Å². The van der Waals surface area contributed by atoms with Gasteiger partial charge in [-0.3, -0.25) is 0 Å². The maximum absolute atomic E-state index is 8.99. The van der Waals surface area contributed by atoms with Gasteiger partial charge >= 0.3 is 0 Å². The Labute approximate surface area is 102 Å². The fraction of sp³-hybridized carbons (Fsp3) is 0.583. The van der Waals surface area contributed by atoms with Crippen LogP contribution in [0.2, 0.25) is 0 Å². The number of nitriles is 1. The molecule has 1 aliphatic heterocycles. The van der Waals surface area contributed by atoms with Gasteiger partial charge in [0.2, 0.25) is 0 Å². The van der Waals surface area contributed by atoms with Crippen LogP contribution in [0.25, 0.3) is 0 Å². The first-order chi connectivity index (χ1) is 8.31. The minimum Gasteiger partial charge on any atom is -0.356 e. The zero-order valence-electron chi connectivity index (χ0n) is 10.1. The molecule has 1 fully saturated rings. The second kappa shape index (κ2) is 5.60. The highest BCUT2D eigenvalue weighted by molar-refractivity contribution is 5.51. The molecule has 2 rings (SSSR count). The summed E-state index contributed by atoms with van der Waals surface area (Å²) < 4.78 is 0. The first-order valence-corrected chi connectivity index (χ1v) is 5.96. The van der Waals surface area contributed by atoms with Crippen LogP contribution in [0.4, 0.5) is 5.82 Å². The molecule has 1 aromatic heterocycles. The van der Waals surface area contributed by atoms with Gasteiger partial charge in [0.1, 0.15) is 6.07 Å². The van der Waals surface area contributed by atoms with Gasteiger partial charge in [0.15, 0.2) is 5.82 Å². The Bertz CT molecular complexity index is 406. The maximum Gasteiger partial charge on any atom is 0.169 e. The van der Waals surface area contributed by atoms with Crippen LogP contribution in [-0.2, 0) is 0 Å². The zero-order chi connectivity index (χ0) is 12.1. The molecule has 0 aliphatic carbocycles. The largest absolute Gasteiger partial charge is 0.356 e. The van der Waals surface area contributed by atoms with E-state index in [1.807, 2.05) is 11.9 Å². The highest BCUT2D eigenvalue weighted by atomic mass is 15.3. The van der Waals surface area contributed by atoms with E-state index in [0.717, 1.165) is 13.1 Å². The molecule has 5 nitrogen and oxygen atoms in total. The van der Waals surface area contributed by atoms with E-state index in [1.165, 1.54) is 25.9 Å². The molecule has 17 heavy (non-hydrogen) atoms. The third kappa shape index (κ3) is 2.92. The molecule has 0 saturated carbocycles. The Hall–Kier alpha value is -1.67. The lowest BCUT2D eigenvalue weighted by atomic mass is 10.3. The van der Waals surface area contributed by atoms with E-state index < -0.39 is 0 Å². The molecule has 0 bridgehead atoms. The van der Waals surface area contributed by atoms with Gasteiger partial charge in [0.05, 0.1) is 11.8 Å². The Morgan fingerprint density at radius 1 is 1.47 bits per heavy atom. The van der Waals surface area contributed by atoms with Gasteiger partial charge in [-0.25, -0.2) is 0 Å². The number of likely N-dealkylation sites (tertiary alicyclic amines) is 1. The van der Waals surface area contributed by atoms with E-state index in [4.69, 9.17) is 5.26 Å². The van der Waals surface area contributed by atoms with Gasteiger partial charge in [-0.15, -0.1) is 5.10 Å². The number of anilines is 1. The molecule has 5 heteroatoms. The number of hydrogen-bond acceptors (Lipinski definition) is 5. The molecule has 0 unspecified atom stereocenters. The minimum absolute atomic E-state index is 0.587. The maximum atomic E-state index is 8.99. The quantitative estimate of drug-likeness (QED) is 0.770. The molecule has 0 radical (unpaired) electrons. The molecule has 0 atom stereocenters. The Morgan fingerprint density at radius 2 is 2.24 bits per heavy atom. The van der Waals surface area contributed by atoms with Crippen LogP contribution in [-0.4, -0.2) is 48.3 Å². The second-order valence-electron chi connectivity index (χ2n) is 4.35.